The van der Waals surface area contributed by atoms with Crippen LogP contribution in [-0.4, -0.2) is 17.7 Å². The molecule has 98 valence electrons. The first-order valence-corrected chi connectivity index (χ1v) is 6.45. The minimum absolute atomic E-state index is 0.663. The SMILES string of the molecule is CC(CNCc1ccccc1NC(=O)O)C1CC1. The van der Waals surface area contributed by atoms with Gasteiger partial charge < -0.3 is 10.4 Å². The molecule has 2 rings (SSSR count). The second-order valence-electron chi connectivity index (χ2n) is 5.03. The van der Waals surface area contributed by atoms with Crippen molar-refractivity contribution in [3.05, 3.63) is 29.8 Å². The van der Waals surface area contributed by atoms with E-state index in [-0.39, 0.29) is 0 Å². The highest BCUT2D eigenvalue weighted by Crippen LogP contribution is 2.36. The second kappa shape index (κ2) is 5.87. The normalized spacial score (nSPS) is 16.3. The molecule has 1 unspecified atom stereocenters. The Labute approximate surface area is 107 Å². The molecule has 0 saturated heterocycles. The van der Waals surface area contributed by atoms with Crippen LogP contribution in [0.4, 0.5) is 10.5 Å². The Morgan fingerprint density at radius 2 is 2.17 bits per heavy atom. The van der Waals surface area contributed by atoms with E-state index in [1.807, 2.05) is 18.2 Å². The number of hydrogen-bond donors (Lipinski definition) is 3. The Balaban J connectivity index is 1.85. The van der Waals surface area contributed by atoms with Crippen LogP contribution in [0, 0.1) is 11.8 Å². The molecule has 4 nitrogen and oxygen atoms in total. The lowest BCUT2D eigenvalue weighted by Crippen LogP contribution is -2.22. The lowest BCUT2D eigenvalue weighted by Gasteiger charge is -2.13. The van der Waals surface area contributed by atoms with Gasteiger partial charge in [0, 0.05) is 12.2 Å². The van der Waals surface area contributed by atoms with Crippen molar-refractivity contribution in [2.24, 2.45) is 11.8 Å². The summed E-state index contributed by atoms with van der Waals surface area (Å²) in [4.78, 5) is 10.7. The van der Waals surface area contributed by atoms with E-state index in [4.69, 9.17) is 5.11 Å². The van der Waals surface area contributed by atoms with Gasteiger partial charge in [-0.05, 0) is 42.9 Å². The summed E-state index contributed by atoms with van der Waals surface area (Å²) in [6.07, 6.45) is 1.70. The summed E-state index contributed by atoms with van der Waals surface area (Å²) in [7, 11) is 0. The second-order valence-corrected chi connectivity index (χ2v) is 5.03. The summed E-state index contributed by atoms with van der Waals surface area (Å²) in [5.74, 6) is 1.61. The van der Waals surface area contributed by atoms with Crippen molar-refractivity contribution in [1.29, 1.82) is 0 Å². The standard InChI is InChI=1S/C14H20N2O2/c1-10(11-6-7-11)8-15-9-12-4-2-3-5-13(12)16-14(17)18/h2-5,10-11,15-16H,6-9H2,1H3,(H,17,18). The number of carboxylic acid groups (broad SMARTS) is 1. The average Bonchev–Trinajstić information content (AvgIpc) is 3.14. The van der Waals surface area contributed by atoms with E-state index in [2.05, 4.69) is 17.6 Å². The van der Waals surface area contributed by atoms with Gasteiger partial charge in [0.25, 0.3) is 0 Å². The molecule has 0 radical (unpaired) electrons. The minimum atomic E-state index is -1.02. The maximum atomic E-state index is 10.7. The summed E-state index contributed by atoms with van der Waals surface area (Å²) >= 11 is 0. The number of amides is 1. The topological polar surface area (TPSA) is 61.4 Å². The lowest BCUT2D eigenvalue weighted by atomic mass is 10.1. The van der Waals surface area contributed by atoms with Crippen LogP contribution in [-0.2, 0) is 6.54 Å². The fourth-order valence-corrected chi connectivity index (χ4v) is 2.18. The minimum Gasteiger partial charge on any atom is -0.465 e. The van der Waals surface area contributed by atoms with Crippen molar-refractivity contribution >= 4 is 11.8 Å². The zero-order valence-electron chi connectivity index (χ0n) is 10.6. The van der Waals surface area contributed by atoms with Gasteiger partial charge in [-0.1, -0.05) is 25.1 Å². The van der Waals surface area contributed by atoms with Crippen LogP contribution in [0.3, 0.4) is 0 Å². The monoisotopic (exact) mass is 248 g/mol. The highest BCUT2D eigenvalue weighted by atomic mass is 16.4. The van der Waals surface area contributed by atoms with Crippen LogP contribution >= 0.6 is 0 Å². The first kappa shape index (κ1) is 12.9. The molecule has 0 aromatic heterocycles. The molecule has 3 N–H and O–H groups in total. The molecular formula is C14H20N2O2. The quantitative estimate of drug-likeness (QED) is 0.725. The van der Waals surface area contributed by atoms with Gasteiger partial charge in [0.15, 0.2) is 0 Å². The van der Waals surface area contributed by atoms with Gasteiger partial charge in [-0.15, -0.1) is 0 Å². The summed E-state index contributed by atoms with van der Waals surface area (Å²) in [5.41, 5.74) is 1.65. The molecule has 1 aliphatic rings. The molecule has 0 aliphatic heterocycles. The van der Waals surface area contributed by atoms with E-state index in [0.29, 0.717) is 18.2 Å². The predicted molar refractivity (Wildman–Crippen MR) is 71.7 cm³/mol. The van der Waals surface area contributed by atoms with E-state index in [1.54, 1.807) is 6.07 Å². The van der Waals surface area contributed by atoms with Crippen molar-refractivity contribution in [3.8, 4) is 0 Å². The van der Waals surface area contributed by atoms with Gasteiger partial charge in [-0.3, -0.25) is 5.32 Å². The third kappa shape index (κ3) is 3.74. The number of hydrogen-bond acceptors (Lipinski definition) is 2. The molecule has 4 heteroatoms. The largest absolute Gasteiger partial charge is 0.465 e. The fourth-order valence-electron chi connectivity index (χ4n) is 2.18. The summed E-state index contributed by atoms with van der Waals surface area (Å²) in [6, 6.07) is 7.49. The van der Waals surface area contributed by atoms with Crippen LogP contribution in [0.15, 0.2) is 24.3 Å². The molecular weight excluding hydrogens is 228 g/mol. The lowest BCUT2D eigenvalue weighted by molar-refractivity contribution is 0.209. The Kier molecular flexibility index (Phi) is 4.20. The fraction of sp³-hybridized carbons (Fsp3) is 0.500. The molecule has 1 amide bonds. The van der Waals surface area contributed by atoms with E-state index in [1.165, 1.54) is 12.8 Å². The molecule has 0 bridgehead atoms. The molecule has 1 saturated carbocycles. The van der Waals surface area contributed by atoms with Crippen molar-refractivity contribution in [3.63, 3.8) is 0 Å². The molecule has 0 spiro atoms. The molecule has 1 aromatic rings. The van der Waals surface area contributed by atoms with Gasteiger partial charge >= 0.3 is 6.09 Å². The Morgan fingerprint density at radius 1 is 1.44 bits per heavy atom. The van der Waals surface area contributed by atoms with Gasteiger partial charge in [0.2, 0.25) is 0 Å². The molecule has 0 heterocycles. The summed E-state index contributed by atoms with van der Waals surface area (Å²) < 4.78 is 0. The van der Waals surface area contributed by atoms with Crippen LogP contribution in [0.2, 0.25) is 0 Å². The summed E-state index contributed by atoms with van der Waals surface area (Å²) in [6.45, 7) is 3.96. The maximum absolute atomic E-state index is 10.7. The van der Waals surface area contributed by atoms with Gasteiger partial charge in [-0.2, -0.15) is 0 Å². The van der Waals surface area contributed by atoms with Crippen molar-refractivity contribution in [1.82, 2.24) is 5.32 Å². The molecule has 1 aliphatic carbocycles. The highest BCUT2D eigenvalue weighted by molar-refractivity contribution is 5.83. The third-order valence-corrected chi connectivity index (χ3v) is 3.47. The first-order valence-electron chi connectivity index (χ1n) is 6.45. The zero-order valence-corrected chi connectivity index (χ0v) is 10.6. The van der Waals surface area contributed by atoms with E-state index < -0.39 is 6.09 Å². The number of benzene rings is 1. The highest BCUT2D eigenvalue weighted by Gasteiger charge is 2.27. The number of nitrogens with one attached hydrogen (secondary N) is 2. The predicted octanol–water partition coefficient (Wildman–Crippen LogP) is 2.91. The molecule has 1 atom stereocenters. The van der Waals surface area contributed by atoms with Crippen molar-refractivity contribution in [2.75, 3.05) is 11.9 Å². The average molecular weight is 248 g/mol. The van der Waals surface area contributed by atoms with Gasteiger partial charge in [-0.25, -0.2) is 4.79 Å². The summed E-state index contributed by atoms with van der Waals surface area (Å²) in [5, 5.41) is 14.6. The maximum Gasteiger partial charge on any atom is 0.409 e. The van der Waals surface area contributed by atoms with Crippen LogP contribution in [0.25, 0.3) is 0 Å². The Morgan fingerprint density at radius 3 is 2.83 bits per heavy atom. The number of anilines is 1. The number of para-hydroxylation sites is 1. The van der Waals surface area contributed by atoms with Crippen LogP contribution in [0.1, 0.15) is 25.3 Å². The molecule has 1 aromatic carbocycles. The molecule has 1 fully saturated rings. The number of carbonyl (C=O) groups is 1. The zero-order chi connectivity index (χ0) is 13.0. The number of rotatable bonds is 6. The van der Waals surface area contributed by atoms with Crippen molar-refractivity contribution in [2.45, 2.75) is 26.3 Å². The van der Waals surface area contributed by atoms with E-state index >= 15 is 0 Å². The van der Waals surface area contributed by atoms with E-state index in [9.17, 15) is 4.79 Å². The smallest absolute Gasteiger partial charge is 0.409 e. The van der Waals surface area contributed by atoms with Crippen LogP contribution in [0.5, 0.6) is 0 Å². The third-order valence-electron chi connectivity index (χ3n) is 3.47. The van der Waals surface area contributed by atoms with Crippen LogP contribution < -0.4 is 10.6 Å². The van der Waals surface area contributed by atoms with Gasteiger partial charge in [0.1, 0.15) is 0 Å². The first-order chi connectivity index (χ1) is 8.66. The van der Waals surface area contributed by atoms with Crippen molar-refractivity contribution < 1.29 is 9.90 Å². The Bertz CT molecular complexity index is 416. The molecule has 18 heavy (non-hydrogen) atoms. The van der Waals surface area contributed by atoms with Gasteiger partial charge in [0.05, 0.1) is 0 Å². The van der Waals surface area contributed by atoms with E-state index in [0.717, 1.165) is 18.0 Å². The Hall–Kier alpha value is -1.55.